The standard InChI is InChI=1S/C17H16FNO2/c18-15-6-4-12(5-7-15)14-8-9-19(11-14)17(21)13-2-1-3-16(20)10-13/h1-7,10,14,20H,8-9,11H2. The Hall–Kier alpha value is -2.36. The number of aromatic hydroxyl groups is 1. The molecular weight excluding hydrogens is 269 g/mol. The zero-order valence-electron chi connectivity index (χ0n) is 11.5. The van der Waals surface area contributed by atoms with Gasteiger partial charge in [0.25, 0.3) is 5.91 Å². The third-order valence-electron chi connectivity index (χ3n) is 3.91. The van der Waals surface area contributed by atoms with E-state index in [2.05, 4.69) is 0 Å². The monoisotopic (exact) mass is 285 g/mol. The second-order valence-electron chi connectivity index (χ2n) is 5.34. The Balaban J connectivity index is 1.72. The fraction of sp³-hybridized carbons (Fsp3) is 0.235. The fourth-order valence-electron chi connectivity index (χ4n) is 2.77. The summed E-state index contributed by atoms with van der Waals surface area (Å²) in [5.74, 6) is 0.0157. The Morgan fingerprint density at radius 1 is 1.19 bits per heavy atom. The Bertz CT molecular complexity index is 654. The predicted octanol–water partition coefficient (Wildman–Crippen LogP) is 3.16. The summed E-state index contributed by atoms with van der Waals surface area (Å²) in [5.41, 5.74) is 1.55. The molecule has 1 N–H and O–H groups in total. The first-order chi connectivity index (χ1) is 10.1. The molecule has 1 aliphatic rings. The molecule has 1 aliphatic heterocycles. The molecule has 1 amide bonds. The molecule has 21 heavy (non-hydrogen) atoms. The van der Waals surface area contributed by atoms with Crippen molar-refractivity contribution in [2.75, 3.05) is 13.1 Å². The van der Waals surface area contributed by atoms with Crippen molar-refractivity contribution in [1.29, 1.82) is 0 Å². The van der Waals surface area contributed by atoms with E-state index in [1.807, 2.05) is 0 Å². The van der Waals surface area contributed by atoms with Gasteiger partial charge < -0.3 is 10.0 Å². The third-order valence-corrected chi connectivity index (χ3v) is 3.91. The first-order valence-electron chi connectivity index (χ1n) is 6.97. The minimum Gasteiger partial charge on any atom is -0.508 e. The van der Waals surface area contributed by atoms with E-state index in [0.29, 0.717) is 18.7 Å². The Labute approximate surface area is 122 Å². The molecule has 0 saturated carbocycles. The molecule has 1 heterocycles. The number of carbonyl (C=O) groups excluding carboxylic acids is 1. The quantitative estimate of drug-likeness (QED) is 0.920. The van der Waals surface area contributed by atoms with Gasteiger partial charge in [0.2, 0.25) is 0 Å². The van der Waals surface area contributed by atoms with Crippen LogP contribution in [0.3, 0.4) is 0 Å². The maximum Gasteiger partial charge on any atom is 0.254 e. The number of rotatable bonds is 2. The number of carbonyl (C=O) groups is 1. The lowest BCUT2D eigenvalue weighted by atomic mass is 9.98. The molecule has 3 rings (SSSR count). The number of likely N-dealkylation sites (tertiary alicyclic amines) is 1. The van der Waals surface area contributed by atoms with E-state index in [-0.39, 0.29) is 23.4 Å². The molecule has 4 heteroatoms. The molecule has 1 fully saturated rings. The van der Waals surface area contributed by atoms with Gasteiger partial charge in [0.05, 0.1) is 0 Å². The number of benzene rings is 2. The van der Waals surface area contributed by atoms with Gasteiger partial charge in [0, 0.05) is 24.6 Å². The molecular formula is C17H16FNO2. The molecule has 1 atom stereocenters. The van der Waals surface area contributed by atoms with Crippen molar-refractivity contribution >= 4 is 5.91 Å². The highest BCUT2D eigenvalue weighted by atomic mass is 19.1. The van der Waals surface area contributed by atoms with Crippen LogP contribution in [-0.2, 0) is 0 Å². The second kappa shape index (κ2) is 5.56. The molecule has 0 spiro atoms. The van der Waals surface area contributed by atoms with Crippen molar-refractivity contribution in [3.63, 3.8) is 0 Å². The lowest BCUT2D eigenvalue weighted by Gasteiger charge is -2.17. The van der Waals surface area contributed by atoms with Crippen LogP contribution < -0.4 is 0 Å². The van der Waals surface area contributed by atoms with Gasteiger partial charge in [0.15, 0.2) is 0 Å². The first kappa shape index (κ1) is 13.6. The molecule has 2 aromatic rings. The molecule has 3 nitrogen and oxygen atoms in total. The number of halogens is 1. The van der Waals surface area contributed by atoms with E-state index < -0.39 is 0 Å². The molecule has 0 aromatic heterocycles. The summed E-state index contributed by atoms with van der Waals surface area (Å²) in [6.07, 6.45) is 0.871. The largest absolute Gasteiger partial charge is 0.508 e. The molecule has 1 saturated heterocycles. The molecule has 2 aromatic carbocycles. The lowest BCUT2D eigenvalue weighted by molar-refractivity contribution is 0.0790. The topological polar surface area (TPSA) is 40.5 Å². The van der Waals surface area contributed by atoms with Crippen LogP contribution in [0.5, 0.6) is 5.75 Å². The van der Waals surface area contributed by atoms with Crippen LogP contribution in [0.4, 0.5) is 4.39 Å². The highest BCUT2D eigenvalue weighted by molar-refractivity contribution is 5.94. The van der Waals surface area contributed by atoms with Gasteiger partial charge in [-0.2, -0.15) is 0 Å². The van der Waals surface area contributed by atoms with Crippen molar-refractivity contribution in [3.05, 3.63) is 65.5 Å². The average Bonchev–Trinajstić information content (AvgIpc) is 2.97. The van der Waals surface area contributed by atoms with Gasteiger partial charge in [-0.15, -0.1) is 0 Å². The summed E-state index contributed by atoms with van der Waals surface area (Å²) in [6, 6.07) is 12.9. The summed E-state index contributed by atoms with van der Waals surface area (Å²) in [4.78, 5) is 14.2. The van der Waals surface area contributed by atoms with Gasteiger partial charge in [-0.05, 0) is 42.3 Å². The maximum atomic E-state index is 12.9. The van der Waals surface area contributed by atoms with Crippen LogP contribution in [0.15, 0.2) is 48.5 Å². The number of hydrogen-bond donors (Lipinski definition) is 1. The normalized spacial score (nSPS) is 18.0. The molecule has 108 valence electrons. The van der Waals surface area contributed by atoms with Crippen LogP contribution in [0, 0.1) is 5.82 Å². The Kier molecular flexibility index (Phi) is 3.60. The van der Waals surface area contributed by atoms with Crippen LogP contribution in [-0.4, -0.2) is 29.0 Å². The van der Waals surface area contributed by atoms with E-state index in [9.17, 15) is 14.3 Å². The van der Waals surface area contributed by atoms with Crippen molar-refractivity contribution in [2.24, 2.45) is 0 Å². The Morgan fingerprint density at radius 3 is 2.67 bits per heavy atom. The van der Waals surface area contributed by atoms with Gasteiger partial charge in [-0.3, -0.25) is 4.79 Å². The number of hydrogen-bond acceptors (Lipinski definition) is 2. The SMILES string of the molecule is O=C(c1cccc(O)c1)N1CCC(c2ccc(F)cc2)C1. The van der Waals surface area contributed by atoms with Crippen molar-refractivity contribution in [3.8, 4) is 5.75 Å². The molecule has 1 unspecified atom stereocenters. The van der Waals surface area contributed by atoms with E-state index in [1.165, 1.54) is 18.2 Å². The minimum atomic E-state index is -0.246. The number of phenols is 1. The van der Waals surface area contributed by atoms with Gasteiger partial charge >= 0.3 is 0 Å². The highest BCUT2D eigenvalue weighted by Gasteiger charge is 2.28. The van der Waals surface area contributed by atoms with Crippen molar-refractivity contribution in [2.45, 2.75) is 12.3 Å². The lowest BCUT2D eigenvalue weighted by Crippen LogP contribution is -2.28. The zero-order chi connectivity index (χ0) is 14.8. The molecule has 0 bridgehead atoms. The average molecular weight is 285 g/mol. The number of amides is 1. The summed E-state index contributed by atoms with van der Waals surface area (Å²) >= 11 is 0. The van der Waals surface area contributed by atoms with Gasteiger partial charge in [-0.25, -0.2) is 4.39 Å². The van der Waals surface area contributed by atoms with Gasteiger partial charge in [-0.1, -0.05) is 18.2 Å². The van der Waals surface area contributed by atoms with Crippen LogP contribution in [0.1, 0.15) is 28.3 Å². The summed E-state index contributed by atoms with van der Waals surface area (Å²) < 4.78 is 12.9. The summed E-state index contributed by atoms with van der Waals surface area (Å²) in [6.45, 7) is 1.30. The van der Waals surface area contributed by atoms with Crippen LogP contribution in [0.25, 0.3) is 0 Å². The smallest absolute Gasteiger partial charge is 0.254 e. The molecule has 0 radical (unpaired) electrons. The Morgan fingerprint density at radius 2 is 1.95 bits per heavy atom. The van der Waals surface area contributed by atoms with Crippen LogP contribution >= 0.6 is 0 Å². The highest BCUT2D eigenvalue weighted by Crippen LogP contribution is 2.28. The molecule has 0 aliphatic carbocycles. The summed E-state index contributed by atoms with van der Waals surface area (Å²) in [7, 11) is 0. The number of nitrogens with zero attached hydrogens (tertiary/aromatic N) is 1. The number of phenolic OH excluding ortho intramolecular Hbond substituents is 1. The van der Waals surface area contributed by atoms with E-state index in [0.717, 1.165) is 12.0 Å². The second-order valence-corrected chi connectivity index (χ2v) is 5.34. The third kappa shape index (κ3) is 2.89. The van der Waals surface area contributed by atoms with Crippen LogP contribution in [0.2, 0.25) is 0 Å². The van der Waals surface area contributed by atoms with Crippen molar-refractivity contribution in [1.82, 2.24) is 4.90 Å². The maximum absolute atomic E-state index is 12.9. The summed E-state index contributed by atoms with van der Waals surface area (Å²) in [5, 5.41) is 9.45. The van der Waals surface area contributed by atoms with E-state index in [4.69, 9.17) is 0 Å². The predicted molar refractivity (Wildman–Crippen MR) is 77.8 cm³/mol. The van der Waals surface area contributed by atoms with E-state index >= 15 is 0 Å². The first-order valence-corrected chi connectivity index (χ1v) is 6.97. The fourth-order valence-corrected chi connectivity index (χ4v) is 2.77. The van der Waals surface area contributed by atoms with Crippen molar-refractivity contribution < 1.29 is 14.3 Å². The van der Waals surface area contributed by atoms with E-state index in [1.54, 1.807) is 35.2 Å². The van der Waals surface area contributed by atoms with Gasteiger partial charge in [0.1, 0.15) is 11.6 Å². The minimum absolute atomic E-state index is 0.0736. The zero-order valence-corrected chi connectivity index (χ0v) is 11.5.